The van der Waals surface area contributed by atoms with Gasteiger partial charge in [-0.3, -0.25) is 14.4 Å². The Morgan fingerprint density at radius 2 is 1.26 bits per heavy atom. The average Bonchev–Trinajstić information content (AvgIpc) is 3.21. The van der Waals surface area contributed by atoms with Crippen molar-refractivity contribution in [2.24, 2.45) is 0 Å². The molecule has 0 unspecified atom stereocenters. The smallest absolute Gasteiger partial charge is 0.266 e. The fraction of sp³-hybridized carbons (Fsp3) is 0.0800. The Kier molecular flexibility index (Phi) is 4.22. The Balaban J connectivity index is 1.80. The zero-order valence-electron chi connectivity index (χ0n) is 17.0. The molecule has 0 saturated carbocycles. The van der Waals surface area contributed by atoms with E-state index in [2.05, 4.69) is 0 Å². The van der Waals surface area contributed by atoms with E-state index in [4.69, 9.17) is 4.74 Å². The van der Waals surface area contributed by atoms with Gasteiger partial charge in [-0.25, -0.2) is 4.90 Å². The lowest BCUT2D eigenvalue weighted by Crippen LogP contribution is -2.31. The van der Waals surface area contributed by atoms with Crippen LogP contribution < -0.4 is 9.64 Å². The van der Waals surface area contributed by atoms with E-state index in [1.54, 1.807) is 62.7 Å². The highest BCUT2D eigenvalue weighted by atomic mass is 16.5. The first-order chi connectivity index (χ1) is 15.0. The summed E-state index contributed by atoms with van der Waals surface area (Å²) in [5.74, 6) is -0.535. The van der Waals surface area contributed by atoms with Crippen LogP contribution in [0.3, 0.4) is 0 Å². The Morgan fingerprint density at radius 1 is 0.710 bits per heavy atom. The molecule has 2 aliphatic heterocycles. The SMILES string of the molecule is COc1ccc(/C(=C2\C(=O)N(C)c3ccccc32)N2C(=O)c3ccccc3C2=O)cc1. The number of methoxy groups -OCH3 is 1. The average molecular weight is 410 g/mol. The predicted octanol–water partition coefficient (Wildman–Crippen LogP) is 3.84. The van der Waals surface area contributed by atoms with Crippen LogP contribution in [0.1, 0.15) is 31.8 Å². The molecule has 6 heteroatoms. The van der Waals surface area contributed by atoms with Crippen LogP contribution in [-0.2, 0) is 4.79 Å². The molecular formula is C25H18N2O4. The number of amides is 3. The second kappa shape index (κ2) is 6.95. The van der Waals surface area contributed by atoms with Gasteiger partial charge in [-0.05, 0) is 48.0 Å². The fourth-order valence-electron chi connectivity index (χ4n) is 4.13. The molecule has 0 bridgehead atoms. The summed E-state index contributed by atoms with van der Waals surface area (Å²) in [6.45, 7) is 0. The number of benzene rings is 3. The van der Waals surface area contributed by atoms with Gasteiger partial charge < -0.3 is 9.64 Å². The fourth-order valence-corrected chi connectivity index (χ4v) is 4.13. The van der Waals surface area contributed by atoms with Crippen LogP contribution in [0.4, 0.5) is 5.69 Å². The number of hydrogen-bond acceptors (Lipinski definition) is 4. The molecule has 0 aromatic heterocycles. The van der Waals surface area contributed by atoms with E-state index < -0.39 is 11.8 Å². The molecule has 0 N–H and O–H groups in total. The van der Waals surface area contributed by atoms with Gasteiger partial charge in [-0.2, -0.15) is 0 Å². The Labute approximate surface area is 179 Å². The minimum atomic E-state index is -0.446. The number of rotatable bonds is 3. The van der Waals surface area contributed by atoms with Gasteiger partial charge in [0.25, 0.3) is 17.7 Å². The molecule has 0 fully saturated rings. The van der Waals surface area contributed by atoms with E-state index in [9.17, 15) is 14.4 Å². The van der Waals surface area contributed by atoms with Gasteiger partial charge in [-0.1, -0.05) is 30.3 Å². The van der Waals surface area contributed by atoms with E-state index in [0.29, 0.717) is 33.6 Å². The van der Waals surface area contributed by atoms with E-state index in [1.807, 2.05) is 24.3 Å². The van der Waals surface area contributed by atoms with Crippen LogP contribution in [0.2, 0.25) is 0 Å². The third kappa shape index (κ3) is 2.69. The highest BCUT2D eigenvalue weighted by molar-refractivity contribution is 6.40. The molecule has 0 aliphatic carbocycles. The molecule has 0 saturated heterocycles. The zero-order chi connectivity index (χ0) is 21.7. The first kappa shape index (κ1) is 18.8. The number of para-hydroxylation sites is 1. The van der Waals surface area contributed by atoms with Crippen molar-refractivity contribution in [1.82, 2.24) is 4.90 Å². The number of ether oxygens (including phenoxy) is 1. The number of nitrogens with zero attached hydrogens (tertiary/aromatic N) is 2. The molecule has 2 heterocycles. The minimum absolute atomic E-state index is 0.274. The maximum absolute atomic E-state index is 13.3. The van der Waals surface area contributed by atoms with Gasteiger partial charge in [0.15, 0.2) is 0 Å². The molecule has 3 aromatic rings. The van der Waals surface area contributed by atoms with E-state index in [-0.39, 0.29) is 11.6 Å². The lowest BCUT2D eigenvalue weighted by molar-refractivity contribution is -0.112. The molecule has 0 atom stereocenters. The summed E-state index contributed by atoms with van der Waals surface area (Å²) in [6.07, 6.45) is 0. The first-order valence-electron chi connectivity index (χ1n) is 9.77. The van der Waals surface area contributed by atoms with Crippen molar-refractivity contribution in [3.63, 3.8) is 0 Å². The Hall–Kier alpha value is -4.19. The molecule has 2 aliphatic rings. The summed E-state index contributed by atoms with van der Waals surface area (Å²) >= 11 is 0. The molecule has 5 rings (SSSR count). The molecule has 0 radical (unpaired) electrons. The summed E-state index contributed by atoms with van der Waals surface area (Å²) in [7, 11) is 3.24. The molecule has 3 amide bonds. The van der Waals surface area contributed by atoms with Crippen LogP contribution in [0.15, 0.2) is 72.8 Å². The normalized spacial score (nSPS) is 16.5. The van der Waals surface area contributed by atoms with Crippen LogP contribution in [0.5, 0.6) is 5.75 Å². The molecule has 6 nitrogen and oxygen atoms in total. The summed E-state index contributed by atoms with van der Waals surface area (Å²) in [6, 6.07) is 21.0. The molecule has 152 valence electrons. The molecule has 3 aromatic carbocycles. The molecular weight excluding hydrogens is 392 g/mol. The van der Waals surface area contributed by atoms with Crippen LogP contribution >= 0.6 is 0 Å². The first-order valence-corrected chi connectivity index (χ1v) is 9.77. The molecule has 0 spiro atoms. The van der Waals surface area contributed by atoms with Gasteiger partial charge in [-0.15, -0.1) is 0 Å². The van der Waals surface area contributed by atoms with Gasteiger partial charge in [0.05, 0.1) is 35.2 Å². The number of hydrogen-bond donors (Lipinski definition) is 0. The van der Waals surface area contributed by atoms with Crippen molar-refractivity contribution >= 4 is 34.7 Å². The summed E-state index contributed by atoms with van der Waals surface area (Å²) in [4.78, 5) is 42.6. The highest BCUT2D eigenvalue weighted by Gasteiger charge is 2.42. The number of likely N-dealkylation sites (N-methyl/N-ethyl adjacent to an activating group) is 1. The van der Waals surface area contributed by atoms with Crippen molar-refractivity contribution in [3.8, 4) is 5.75 Å². The largest absolute Gasteiger partial charge is 0.497 e. The standard InChI is InChI=1S/C25H18N2O4/c1-26-20-10-6-5-9-19(20)21(25(26)30)22(15-11-13-16(31-2)14-12-15)27-23(28)17-7-3-4-8-18(17)24(27)29/h3-14H,1-2H3/b22-21+. The van der Waals surface area contributed by atoms with Gasteiger partial charge in [0, 0.05) is 12.6 Å². The summed E-state index contributed by atoms with van der Waals surface area (Å²) in [5.41, 5.74) is 3.22. The lowest BCUT2D eigenvalue weighted by Gasteiger charge is -2.21. The number of carbonyl (C=O) groups excluding carboxylic acids is 3. The van der Waals surface area contributed by atoms with Crippen molar-refractivity contribution in [2.45, 2.75) is 0 Å². The topological polar surface area (TPSA) is 66.9 Å². The van der Waals surface area contributed by atoms with Crippen molar-refractivity contribution in [3.05, 3.63) is 95.1 Å². The highest BCUT2D eigenvalue weighted by Crippen LogP contribution is 2.43. The second-order valence-electron chi connectivity index (χ2n) is 7.32. The third-order valence-corrected chi connectivity index (χ3v) is 5.67. The third-order valence-electron chi connectivity index (χ3n) is 5.67. The lowest BCUT2D eigenvalue weighted by atomic mass is 9.99. The zero-order valence-corrected chi connectivity index (χ0v) is 17.0. The van der Waals surface area contributed by atoms with Gasteiger partial charge >= 0.3 is 0 Å². The van der Waals surface area contributed by atoms with Gasteiger partial charge in [0.2, 0.25) is 0 Å². The molecule has 31 heavy (non-hydrogen) atoms. The number of carbonyl (C=O) groups is 3. The monoisotopic (exact) mass is 410 g/mol. The number of anilines is 1. The number of fused-ring (bicyclic) bond motifs is 2. The Morgan fingerprint density at radius 3 is 1.84 bits per heavy atom. The van der Waals surface area contributed by atoms with E-state index in [0.717, 1.165) is 10.6 Å². The number of imide groups is 1. The van der Waals surface area contributed by atoms with E-state index in [1.165, 1.54) is 4.90 Å². The summed E-state index contributed by atoms with van der Waals surface area (Å²) in [5, 5.41) is 0. The van der Waals surface area contributed by atoms with Crippen molar-refractivity contribution in [1.29, 1.82) is 0 Å². The Bertz CT molecular complexity index is 1260. The van der Waals surface area contributed by atoms with Crippen LogP contribution in [0.25, 0.3) is 11.3 Å². The van der Waals surface area contributed by atoms with Crippen LogP contribution in [-0.4, -0.2) is 36.8 Å². The maximum Gasteiger partial charge on any atom is 0.266 e. The van der Waals surface area contributed by atoms with Gasteiger partial charge in [0.1, 0.15) is 5.75 Å². The van der Waals surface area contributed by atoms with E-state index >= 15 is 0 Å². The quantitative estimate of drug-likeness (QED) is 0.486. The van der Waals surface area contributed by atoms with Crippen molar-refractivity contribution < 1.29 is 19.1 Å². The predicted molar refractivity (Wildman–Crippen MR) is 117 cm³/mol. The van der Waals surface area contributed by atoms with Crippen molar-refractivity contribution in [2.75, 3.05) is 19.1 Å². The summed E-state index contributed by atoms with van der Waals surface area (Å²) < 4.78 is 5.25. The second-order valence-corrected chi connectivity index (χ2v) is 7.32. The van der Waals surface area contributed by atoms with Crippen LogP contribution in [0, 0.1) is 0 Å². The maximum atomic E-state index is 13.3. The minimum Gasteiger partial charge on any atom is -0.497 e.